The Labute approximate surface area is 101 Å². The molecule has 90 valence electrons. The third-order valence-electron chi connectivity index (χ3n) is 2.79. The number of aromatic nitrogens is 3. The van der Waals surface area contributed by atoms with Crippen LogP contribution in [0.1, 0.15) is 30.0 Å². The predicted octanol–water partition coefficient (Wildman–Crippen LogP) is 1.65. The van der Waals surface area contributed by atoms with Gasteiger partial charge in [-0.3, -0.25) is 9.67 Å². The van der Waals surface area contributed by atoms with Gasteiger partial charge < -0.3 is 5.11 Å². The van der Waals surface area contributed by atoms with Crippen LogP contribution in [0, 0.1) is 0 Å². The van der Waals surface area contributed by atoms with E-state index in [2.05, 4.69) is 17.0 Å². The Bertz CT molecular complexity index is 493. The second kappa shape index (κ2) is 5.10. The van der Waals surface area contributed by atoms with Crippen LogP contribution in [0.5, 0.6) is 0 Å². The highest BCUT2D eigenvalue weighted by molar-refractivity contribution is 5.22. The molecule has 0 amide bonds. The normalized spacial score (nSPS) is 12.6. The van der Waals surface area contributed by atoms with E-state index in [1.54, 1.807) is 10.9 Å². The summed E-state index contributed by atoms with van der Waals surface area (Å²) in [6.07, 6.45) is 4.39. The number of rotatable bonds is 4. The third-order valence-corrected chi connectivity index (χ3v) is 2.79. The SMILES string of the molecule is CCc1cccnc1C(O)Cc1ccn(C)n1. The molecule has 0 fully saturated rings. The summed E-state index contributed by atoms with van der Waals surface area (Å²) in [5, 5.41) is 14.4. The fourth-order valence-electron chi connectivity index (χ4n) is 1.92. The van der Waals surface area contributed by atoms with Crippen molar-refractivity contribution in [1.82, 2.24) is 14.8 Å². The highest BCUT2D eigenvalue weighted by Gasteiger charge is 2.14. The van der Waals surface area contributed by atoms with Crippen LogP contribution < -0.4 is 0 Å². The highest BCUT2D eigenvalue weighted by Crippen LogP contribution is 2.19. The van der Waals surface area contributed by atoms with Gasteiger partial charge in [-0.05, 0) is 24.1 Å². The molecule has 0 aromatic carbocycles. The molecular weight excluding hydrogens is 214 g/mol. The van der Waals surface area contributed by atoms with Crippen LogP contribution in [0.4, 0.5) is 0 Å². The molecule has 4 heteroatoms. The van der Waals surface area contributed by atoms with Gasteiger partial charge in [0, 0.05) is 25.9 Å². The minimum absolute atomic E-state index is 0.505. The van der Waals surface area contributed by atoms with E-state index in [4.69, 9.17) is 0 Å². The number of aliphatic hydroxyl groups is 1. The molecule has 2 heterocycles. The van der Waals surface area contributed by atoms with Gasteiger partial charge in [-0.15, -0.1) is 0 Å². The van der Waals surface area contributed by atoms with Gasteiger partial charge in [0.1, 0.15) is 6.10 Å². The number of nitrogens with zero attached hydrogens (tertiary/aromatic N) is 3. The molecule has 17 heavy (non-hydrogen) atoms. The highest BCUT2D eigenvalue weighted by atomic mass is 16.3. The van der Waals surface area contributed by atoms with Crippen LogP contribution in [0.15, 0.2) is 30.6 Å². The lowest BCUT2D eigenvalue weighted by molar-refractivity contribution is 0.171. The van der Waals surface area contributed by atoms with Crippen LogP contribution in [0.25, 0.3) is 0 Å². The maximum Gasteiger partial charge on any atom is 0.102 e. The van der Waals surface area contributed by atoms with Gasteiger partial charge in [-0.1, -0.05) is 13.0 Å². The van der Waals surface area contributed by atoms with Gasteiger partial charge in [0.05, 0.1) is 11.4 Å². The van der Waals surface area contributed by atoms with E-state index in [-0.39, 0.29) is 0 Å². The predicted molar refractivity (Wildman–Crippen MR) is 65.5 cm³/mol. The van der Waals surface area contributed by atoms with Crippen molar-refractivity contribution in [3.63, 3.8) is 0 Å². The summed E-state index contributed by atoms with van der Waals surface area (Å²) in [6, 6.07) is 5.82. The van der Waals surface area contributed by atoms with Gasteiger partial charge in [0.25, 0.3) is 0 Å². The van der Waals surface area contributed by atoms with Crippen molar-refractivity contribution in [2.75, 3.05) is 0 Å². The smallest absolute Gasteiger partial charge is 0.102 e. The van der Waals surface area contributed by atoms with E-state index in [9.17, 15) is 5.11 Å². The molecule has 0 saturated heterocycles. The lowest BCUT2D eigenvalue weighted by Gasteiger charge is -2.12. The number of pyridine rings is 1. The molecule has 0 bridgehead atoms. The third kappa shape index (κ3) is 2.71. The van der Waals surface area contributed by atoms with Crippen molar-refractivity contribution >= 4 is 0 Å². The summed E-state index contributed by atoms with van der Waals surface area (Å²) in [6.45, 7) is 2.06. The maximum atomic E-state index is 10.2. The van der Waals surface area contributed by atoms with E-state index < -0.39 is 6.10 Å². The van der Waals surface area contributed by atoms with Crippen LogP contribution in [-0.4, -0.2) is 19.9 Å². The molecule has 1 atom stereocenters. The Morgan fingerprint density at radius 3 is 2.88 bits per heavy atom. The number of hydrogen-bond acceptors (Lipinski definition) is 3. The molecule has 1 N–H and O–H groups in total. The van der Waals surface area contributed by atoms with Gasteiger partial charge in [0.2, 0.25) is 0 Å². The zero-order valence-electron chi connectivity index (χ0n) is 10.2. The molecule has 0 saturated carbocycles. The average Bonchev–Trinajstić information content (AvgIpc) is 2.74. The van der Waals surface area contributed by atoms with Gasteiger partial charge in [-0.2, -0.15) is 5.10 Å². The van der Waals surface area contributed by atoms with Crippen molar-refractivity contribution < 1.29 is 5.11 Å². The fourth-order valence-corrected chi connectivity index (χ4v) is 1.92. The second-order valence-electron chi connectivity index (χ2n) is 4.10. The first kappa shape index (κ1) is 11.8. The zero-order valence-corrected chi connectivity index (χ0v) is 10.2. The molecular formula is C13H17N3O. The van der Waals surface area contributed by atoms with Crippen molar-refractivity contribution in [3.8, 4) is 0 Å². The Kier molecular flexibility index (Phi) is 3.54. The van der Waals surface area contributed by atoms with Crippen LogP contribution in [0.2, 0.25) is 0 Å². The van der Waals surface area contributed by atoms with Gasteiger partial charge in [0.15, 0.2) is 0 Å². The fraction of sp³-hybridized carbons (Fsp3) is 0.385. The van der Waals surface area contributed by atoms with E-state index in [1.807, 2.05) is 31.4 Å². The lowest BCUT2D eigenvalue weighted by atomic mass is 10.0. The van der Waals surface area contributed by atoms with Crippen LogP contribution in [0.3, 0.4) is 0 Å². The standard InChI is InChI=1S/C13H17N3O/c1-3-10-5-4-7-14-13(10)12(17)9-11-6-8-16(2)15-11/h4-8,12,17H,3,9H2,1-2H3. The van der Waals surface area contributed by atoms with Crippen molar-refractivity contribution in [1.29, 1.82) is 0 Å². The zero-order chi connectivity index (χ0) is 12.3. The van der Waals surface area contributed by atoms with Crippen LogP contribution >= 0.6 is 0 Å². The van der Waals surface area contributed by atoms with E-state index in [0.717, 1.165) is 23.4 Å². The quantitative estimate of drug-likeness (QED) is 0.870. The summed E-state index contributed by atoms with van der Waals surface area (Å²) < 4.78 is 1.74. The largest absolute Gasteiger partial charge is 0.386 e. The molecule has 0 spiro atoms. The molecule has 2 aromatic heterocycles. The molecule has 0 aliphatic rings. The molecule has 0 aliphatic heterocycles. The summed E-state index contributed by atoms with van der Waals surface area (Å²) in [5.74, 6) is 0. The minimum Gasteiger partial charge on any atom is -0.386 e. The van der Waals surface area contributed by atoms with Crippen molar-refractivity contribution in [2.45, 2.75) is 25.9 Å². The Hall–Kier alpha value is -1.68. The number of hydrogen-bond donors (Lipinski definition) is 1. The Balaban J connectivity index is 2.16. The van der Waals surface area contributed by atoms with Gasteiger partial charge >= 0.3 is 0 Å². The maximum absolute atomic E-state index is 10.2. The van der Waals surface area contributed by atoms with E-state index in [1.165, 1.54) is 0 Å². The van der Waals surface area contributed by atoms with Gasteiger partial charge in [-0.25, -0.2) is 0 Å². The summed E-state index contributed by atoms with van der Waals surface area (Å²) in [4.78, 5) is 4.27. The molecule has 0 radical (unpaired) electrons. The molecule has 0 aliphatic carbocycles. The molecule has 1 unspecified atom stereocenters. The topological polar surface area (TPSA) is 50.9 Å². The summed E-state index contributed by atoms with van der Waals surface area (Å²) in [7, 11) is 1.87. The Morgan fingerprint density at radius 2 is 2.24 bits per heavy atom. The first-order valence-corrected chi connectivity index (χ1v) is 5.81. The molecule has 2 aromatic rings. The van der Waals surface area contributed by atoms with Crippen molar-refractivity contribution in [2.24, 2.45) is 7.05 Å². The summed E-state index contributed by atoms with van der Waals surface area (Å²) in [5.41, 5.74) is 2.74. The Morgan fingerprint density at radius 1 is 1.41 bits per heavy atom. The first-order valence-electron chi connectivity index (χ1n) is 5.81. The summed E-state index contributed by atoms with van der Waals surface area (Å²) >= 11 is 0. The monoisotopic (exact) mass is 231 g/mol. The van der Waals surface area contributed by atoms with Crippen LogP contribution in [-0.2, 0) is 19.9 Å². The average molecular weight is 231 g/mol. The van der Waals surface area contributed by atoms with E-state index in [0.29, 0.717) is 6.42 Å². The van der Waals surface area contributed by atoms with E-state index >= 15 is 0 Å². The van der Waals surface area contributed by atoms with Crippen molar-refractivity contribution in [3.05, 3.63) is 47.5 Å². The number of aryl methyl sites for hydroxylation is 2. The number of aliphatic hydroxyl groups excluding tert-OH is 1. The second-order valence-corrected chi connectivity index (χ2v) is 4.10. The first-order chi connectivity index (χ1) is 8.20. The minimum atomic E-state index is -0.582. The molecule has 4 nitrogen and oxygen atoms in total. The molecule has 2 rings (SSSR count). The lowest BCUT2D eigenvalue weighted by Crippen LogP contribution is -2.08.